The van der Waals surface area contributed by atoms with Crippen LogP contribution in [0, 0.1) is 0 Å². The molecule has 2 unspecified atom stereocenters. The van der Waals surface area contributed by atoms with E-state index in [0.29, 0.717) is 13.0 Å². The van der Waals surface area contributed by atoms with E-state index in [4.69, 9.17) is 4.74 Å². The number of nitrogens with one attached hydrogen (secondary N) is 1. The fraction of sp³-hybridized carbons (Fsp3) is 0.421. The van der Waals surface area contributed by atoms with E-state index in [9.17, 15) is 9.90 Å². The first-order chi connectivity index (χ1) is 11.2. The van der Waals surface area contributed by atoms with Gasteiger partial charge in [-0.25, -0.2) is 0 Å². The van der Waals surface area contributed by atoms with Crippen molar-refractivity contribution in [1.29, 1.82) is 0 Å². The molecular weight excluding hydrogens is 290 g/mol. The number of unbranched alkanes of at least 4 members (excludes halogenated alkanes) is 1. The van der Waals surface area contributed by atoms with Crippen molar-refractivity contribution in [3.05, 3.63) is 42.5 Å². The Morgan fingerprint density at radius 2 is 2.00 bits per heavy atom. The molecule has 2 aromatic carbocycles. The maximum Gasteiger partial charge on any atom is 0.127 e. The average molecular weight is 315 g/mol. The van der Waals surface area contributed by atoms with Gasteiger partial charge in [0.2, 0.25) is 0 Å². The van der Waals surface area contributed by atoms with Gasteiger partial charge >= 0.3 is 0 Å². The van der Waals surface area contributed by atoms with Crippen molar-refractivity contribution >= 4 is 17.1 Å². The first-order valence-corrected chi connectivity index (χ1v) is 8.16. The second-order valence-electron chi connectivity index (χ2n) is 5.85. The Morgan fingerprint density at radius 3 is 2.83 bits per heavy atom. The van der Waals surface area contributed by atoms with Crippen molar-refractivity contribution in [2.45, 2.75) is 38.3 Å². The standard InChI is InChI=1S/C19H25NO3/c1-15(7-4-5-12-21)20-13-17(22)14-23-19-11-6-9-16-8-2-3-10-18(16)19/h2-3,6,8-12,15,17,20,22H,4-5,7,13-14H2,1H3. The minimum absolute atomic E-state index is 0.252. The van der Waals surface area contributed by atoms with E-state index in [1.807, 2.05) is 42.5 Å². The van der Waals surface area contributed by atoms with Gasteiger partial charge in [-0.05, 0) is 31.2 Å². The predicted molar refractivity (Wildman–Crippen MR) is 92.8 cm³/mol. The molecular formula is C19H25NO3. The van der Waals surface area contributed by atoms with E-state index >= 15 is 0 Å². The van der Waals surface area contributed by atoms with Crippen LogP contribution < -0.4 is 10.1 Å². The van der Waals surface area contributed by atoms with Crippen molar-refractivity contribution < 1.29 is 14.6 Å². The molecule has 124 valence electrons. The van der Waals surface area contributed by atoms with Crippen molar-refractivity contribution in [3.8, 4) is 5.75 Å². The lowest BCUT2D eigenvalue weighted by atomic mass is 10.1. The number of benzene rings is 2. The number of carbonyl (C=O) groups is 1. The highest BCUT2D eigenvalue weighted by atomic mass is 16.5. The molecule has 0 aliphatic heterocycles. The molecule has 0 fully saturated rings. The van der Waals surface area contributed by atoms with E-state index in [1.54, 1.807) is 0 Å². The van der Waals surface area contributed by atoms with Gasteiger partial charge in [-0.1, -0.05) is 36.4 Å². The number of fused-ring (bicyclic) bond motifs is 1. The second-order valence-corrected chi connectivity index (χ2v) is 5.85. The van der Waals surface area contributed by atoms with Crippen LogP contribution in [-0.4, -0.2) is 36.7 Å². The molecule has 0 spiro atoms. The van der Waals surface area contributed by atoms with E-state index < -0.39 is 6.10 Å². The molecule has 0 saturated carbocycles. The van der Waals surface area contributed by atoms with Crippen LogP contribution in [0.3, 0.4) is 0 Å². The van der Waals surface area contributed by atoms with Gasteiger partial charge in [0.25, 0.3) is 0 Å². The Morgan fingerprint density at radius 1 is 1.22 bits per heavy atom. The summed E-state index contributed by atoms with van der Waals surface area (Å²) in [6, 6.07) is 14.2. The number of ether oxygens (including phenoxy) is 1. The number of aliphatic hydroxyl groups excluding tert-OH is 1. The molecule has 23 heavy (non-hydrogen) atoms. The number of aliphatic hydroxyl groups is 1. The number of rotatable bonds is 10. The van der Waals surface area contributed by atoms with Crippen molar-refractivity contribution in [2.75, 3.05) is 13.2 Å². The quantitative estimate of drug-likeness (QED) is 0.523. The maximum atomic E-state index is 10.3. The summed E-state index contributed by atoms with van der Waals surface area (Å²) < 4.78 is 5.78. The summed E-state index contributed by atoms with van der Waals surface area (Å²) in [6.45, 7) is 2.79. The van der Waals surface area contributed by atoms with E-state index in [2.05, 4.69) is 12.2 Å². The van der Waals surface area contributed by atoms with Crippen molar-refractivity contribution in [2.24, 2.45) is 0 Å². The number of hydrogen-bond donors (Lipinski definition) is 2. The summed E-state index contributed by atoms with van der Waals surface area (Å²) in [6.07, 6.45) is 2.77. The zero-order valence-corrected chi connectivity index (χ0v) is 13.6. The number of hydrogen-bond acceptors (Lipinski definition) is 4. The molecule has 0 saturated heterocycles. The molecule has 2 rings (SSSR count). The average Bonchev–Trinajstić information content (AvgIpc) is 2.58. The van der Waals surface area contributed by atoms with Crippen LogP contribution in [0.2, 0.25) is 0 Å². The van der Waals surface area contributed by atoms with Gasteiger partial charge in [-0.3, -0.25) is 0 Å². The smallest absolute Gasteiger partial charge is 0.127 e. The minimum atomic E-state index is -0.567. The first-order valence-electron chi connectivity index (χ1n) is 8.16. The van der Waals surface area contributed by atoms with Gasteiger partial charge in [0.05, 0.1) is 0 Å². The van der Waals surface area contributed by atoms with Gasteiger partial charge in [0.1, 0.15) is 24.7 Å². The van der Waals surface area contributed by atoms with Crippen LogP contribution in [0.1, 0.15) is 26.2 Å². The summed E-state index contributed by atoms with van der Waals surface area (Å²) in [7, 11) is 0. The molecule has 0 bridgehead atoms. The van der Waals surface area contributed by atoms with Crippen LogP contribution in [0.25, 0.3) is 10.8 Å². The van der Waals surface area contributed by atoms with Gasteiger partial charge in [0, 0.05) is 24.4 Å². The molecule has 4 nitrogen and oxygen atoms in total. The van der Waals surface area contributed by atoms with E-state index in [-0.39, 0.29) is 12.6 Å². The summed E-state index contributed by atoms with van der Waals surface area (Å²) in [5.41, 5.74) is 0. The zero-order valence-electron chi connectivity index (χ0n) is 13.6. The van der Waals surface area contributed by atoms with Crippen LogP contribution in [-0.2, 0) is 4.79 Å². The fourth-order valence-corrected chi connectivity index (χ4v) is 2.51. The largest absolute Gasteiger partial charge is 0.490 e. The van der Waals surface area contributed by atoms with Crippen molar-refractivity contribution in [1.82, 2.24) is 5.32 Å². The van der Waals surface area contributed by atoms with E-state index in [0.717, 1.165) is 35.6 Å². The van der Waals surface area contributed by atoms with Gasteiger partial charge in [-0.15, -0.1) is 0 Å². The van der Waals surface area contributed by atoms with Gasteiger partial charge in [0.15, 0.2) is 0 Å². The normalized spacial score (nSPS) is 13.7. The highest BCUT2D eigenvalue weighted by molar-refractivity contribution is 5.88. The lowest BCUT2D eigenvalue weighted by Gasteiger charge is -2.18. The van der Waals surface area contributed by atoms with Crippen LogP contribution in [0.15, 0.2) is 42.5 Å². The third kappa shape index (κ3) is 5.66. The summed E-state index contributed by atoms with van der Waals surface area (Å²) in [5, 5.41) is 15.5. The van der Waals surface area contributed by atoms with Crippen LogP contribution >= 0.6 is 0 Å². The Hall–Kier alpha value is -1.91. The van der Waals surface area contributed by atoms with E-state index in [1.165, 1.54) is 0 Å². The highest BCUT2D eigenvalue weighted by Gasteiger charge is 2.09. The molecule has 2 atom stereocenters. The number of aldehydes is 1. The summed E-state index contributed by atoms with van der Waals surface area (Å²) in [5.74, 6) is 0.793. The maximum absolute atomic E-state index is 10.3. The molecule has 2 aromatic rings. The molecule has 2 N–H and O–H groups in total. The second kappa shape index (κ2) is 9.28. The molecule has 0 aliphatic carbocycles. The monoisotopic (exact) mass is 315 g/mol. The van der Waals surface area contributed by atoms with Gasteiger partial charge < -0.3 is 20.0 Å². The minimum Gasteiger partial charge on any atom is -0.490 e. The molecule has 0 heterocycles. The molecule has 0 radical (unpaired) electrons. The Kier molecular flexibility index (Phi) is 7.04. The summed E-state index contributed by atoms with van der Waals surface area (Å²) in [4.78, 5) is 10.3. The molecule has 0 amide bonds. The van der Waals surface area contributed by atoms with Crippen LogP contribution in [0.5, 0.6) is 5.75 Å². The van der Waals surface area contributed by atoms with Gasteiger partial charge in [-0.2, -0.15) is 0 Å². The zero-order chi connectivity index (χ0) is 16.5. The Labute approximate surface area is 137 Å². The van der Waals surface area contributed by atoms with Crippen LogP contribution in [0.4, 0.5) is 0 Å². The SMILES string of the molecule is CC(CCCC=O)NCC(O)COc1cccc2ccccc12. The molecule has 0 aliphatic rings. The predicted octanol–water partition coefficient (Wildman–Crippen LogP) is 2.93. The highest BCUT2D eigenvalue weighted by Crippen LogP contribution is 2.25. The molecule has 0 aromatic heterocycles. The topological polar surface area (TPSA) is 58.6 Å². The lowest BCUT2D eigenvalue weighted by molar-refractivity contribution is -0.107. The Balaban J connectivity index is 1.77. The van der Waals surface area contributed by atoms with Crippen molar-refractivity contribution in [3.63, 3.8) is 0 Å². The number of carbonyl (C=O) groups excluding carboxylic acids is 1. The first kappa shape index (κ1) is 17.4. The fourth-order valence-electron chi connectivity index (χ4n) is 2.51. The Bertz CT molecular complexity index is 609. The third-order valence-electron chi connectivity index (χ3n) is 3.84. The molecule has 4 heteroatoms. The summed E-state index contributed by atoms with van der Waals surface area (Å²) >= 11 is 0. The lowest BCUT2D eigenvalue weighted by Crippen LogP contribution is -2.36. The third-order valence-corrected chi connectivity index (χ3v) is 3.84.